The van der Waals surface area contributed by atoms with Gasteiger partial charge in [0.25, 0.3) is 0 Å². The molecule has 0 spiro atoms. The summed E-state index contributed by atoms with van der Waals surface area (Å²) in [6, 6.07) is 3.10. The van der Waals surface area contributed by atoms with E-state index in [0.717, 1.165) is 0 Å². The van der Waals surface area contributed by atoms with Crippen molar-refractivity contribution in [3.63, 3.8) is 0 Å². The Morgan fingerprint density at radius 3 is 2.19 bits per heavy atom. The fourth-order valence-electron chi connectivity index (χ4n) is 2.55. The predicted octanol–water partition coefficient (Wildman–Crippen LogP) is 2.25. The molecule has 2 N–H and O–H groups in total. The lowest BCUT2D eigenvalue weighted by Gasteiger charge is -2.23. The lowest BCUT2D eigenvalue weighted by Crippen LogP contribution is -2.27. The van der Waals surface area contributed by atoms with Crippen molar-refractivity contribution in [2.45, 2.75) is 39.8 Å². The molecule has 0 aliphatic carbocycles. The van der Waals surface area contributed by atoms with E-state index in [1.54, 1.807) is 0 Å². The summed E-state index contributed by atoms with van der Waals surface area (Å²) in [5, 5.41) is 0. The first-order valence-electron chi connectivity index (χ1n) is 5.95. The van der Waals surface area contributed by atoms with Gasteiger partial charge in [-0.1, -0.05) is 0 Å². The average molecular weight is 223 g/mol. The number of aromatic nitrogens is 1. The van der Waals surface area contributed by atoms with Crippen molar-refractivity contribution in [2.75, 3.05) is 20.6 Å². The molecule has 0 bridgehead atoms. The van der Waals surface area contributed by atoms with Crippen LogP contribution in [0.5, 0.6) is 0 Å². The predicted molar refractivity (Wildman–Crippen MR) is 69.8 cm³/mol. The summed E-state index contributed by atoms with van der Waals surface area (Å²) < 4.78 is 2.38. The Kier molecular flexibility index (Phi) is 4.16. The third-order valence-electron chi connectivity index (χ3n) is 3.25. The van der Waals surface area contributed by atoms with Crippen LogP contribution >= 0.6 is 0 Å². The highest BCUT2D eigenvalue weighted by Gasteiger charge is 2.19. The molecule has 0 aliphatic rings. The second kappa shape index (κ2) is 5.02. The van der Waals surface area contributed by atoms with Crippen LogP contribution in [0.2, 0.25) is 0 Å². The van der Waals surface area contributed by atoms with Crippen LogP contribution in [-0.2, 0) is 0 Å². The Morgan fingerprint density at radius 1 is 1.31 bits per heavy atom. The first-order chi connectivity index (χ1) is 7.40. The van der Waals surface area contributed by atoms with E-state index < -0.39 is 0 Å². The minimum atomic E-state index is 0.318. The maximum atomic E-state index is 5.86. The Morgan fingerprint density at radius 2 is 1.88 bits per heavy atom. The molecule has 1 aromatic rings. The van der Waals surface area contributed by atoms with Crippen molar-refractivity contribution < 1.29 is 0 Å². The molecule has 1 atom stereocenters. The van der Waals surface area contributed by atoms with Crippen molar-refractivity contribution >= 4 is 0 Å². The zero-order valence-corrected chi connectivity index (χ0v) is 11.4. The van der Waals surface area contributed by atoms with Gasteiger partial charge in [0.05, 0.1) is 0 Å². The summed E-state index contributed by atoms with van der Waals surface area (Å²) in [5.74, 6) is 0. The molecule has 0 aromatic carbocycles. The Labute approximate surface area is 99.2 Å². The maximum Gasteiger partial charge on any atom is 0.0482 e. The van der Waals surface area contributed by atoms with E-state index in [1.165, 1.54) is 17.0 Å². The number of likely N-dealkylation sites (N-methyl/N-ethyl adjacent to an activating group) is 1. The molecule has 1 aromatic heterocycles. The van der Waals surface area contributed by atoms with Crippen LogP contribution in [0.1, 0.15) is 42.9 Å². The molecule has 0 saturated heterocycles. The van der Waals surface area contributed by atoms with E-state index in [-0.39, 0.29) is 0 Å². The summed E-state index contributed by atoms with van der Waals surface area (Å²) >= 11 is 0. The van der Waals surface area contributed by atoms with E-state index in [9.17, 15) is 0 Å². The van der Waals surface area contributed by atoms with Crippen molar-refractivity contribution in [2.24, 2.45) is 5.73 Å². The first kappa shape index (κ1) is 13.3. The summed E-state index contributed by atoms with van der Waals surface area (Å²) in [6.07, 6.45) is 0. The number of nitrogens with zero attached hydrogens (tertiary/aromatic N) is 2. The van der Waals surface area contributed by atoms with Gasteiger partial charge in [-0.15, -0.1) is 0 Å². The van der Waals surface area contributed by atoms with Gasteiger partial charge in [-0.25, -0.2) is 0 Å². The largest absolute Gasteiger partial charge is 0.346 e. The lowest BCUT2D eigenvalue weighted by atomic mass is 10.1. The number of aryl methyl sites for hydroxylation is 1. The number of hydrogen-bond donors (Lipinski definition) is 1. The van der Waals surface area contributed by atoms with Gasteiger partial charge < -0.3 is 15.2 Å². The topological polar surface area (TPSA) is 34.2 Å². The van der Waals surface area contributed by atoms with Crippen molar-refractivity contribution in [1.29, 1.82) is 0 Å². The molecule has 3 heteroatoms. The quantitative estimate of drug-likeness (QED) is 0.849. The second-order valence-corrected chi connectivity index (χ2v) is 5.01. The molecule has 0 amide bonds. The normalized spacial score (nSPS) is 13.8. The number of hydrogen-bond acceptors (Lipinski definition) is 2. The van der Waals surface area contributed by atoms with E-state index in [0.29, 0.717) is 18.6 Å². The molecule has 3 nitrogen and oxygen atoms in total. The smallest absolute Gasteiger partial charge is 0.0482 e. The highest BCUT2D eigenvalue weighted by atomic mass is 15.1. The van der Waals surface area contributed by atoms with Crippen molar-refractivity contribution in [1.82, 2.24) is 9.47 Å². The van der Waals surface area contributed by atoms with Crippen LogP contribution in [-0.4, -0.2) is 30.1 Å². The number of nitrogens with two attached hydrogens (primary N) is 1. The molecule has 92 valence electrons. The molecular formula is C13H25N3. The molecule has 0 fully saturated rings. The van der Waals surface area contributed by atoms with Gasteiger partial charge in [0.1, 0.15) is 0 Å². The summed E-state index contributed by atoms with van der Waals surface area (Å²) in [6.45, 7) is 9.46. The molecule has 0 aliphatic heterocycles. The monoisotopic (exact) mass is 223 g/mol. The minimum Gasteiger partial charge on any atom is -0.346 e. The highest BCUT2D eigenvalue weighted by Crippen LogP contribution is 2.27. The van der Waals surface area contributed by atoms with E-state index >= 15 is 0 Å². The molecule has 0 radical (unpaired) electrons. The van der Waals surface area contributed by atoms with Crippen LogP contribution in [0, 0.1) is 13.8 Å². The summed E-state index contributed by atoms with van der Waals surface area (Å²) in [4.78, 5) is 2.19. The van der Waals surface area contributed by atoms with Gasteiger partial charge in [0, 0.05) is 30.0 Å². The first-order valence-corrected chi connectivity index (χ1v) is 5.95. The van der Waals surface area contributed by atoms with Crippen LogP contribution < -0.4 is 5.73 Å². The van der Waals surface area contributed by atoms with Gasteiger partial charge >= 0.3 is 0 Å². The fraction of sp³-hybridized carbons (Fsp3) is 0.692. The molecular weight excluding hydrogens is 198 g/mol. The SMILES string of the molecule is Cc1cc(C(CN)N(C)C)c(C)n1C(C)C. The van der Waals surface area contributed by atoms with Crippen molar-refractivity contribution in [3.8, 4) is 0 Å². The zero-order chi connectivity index (χ0) is 12.5. The fourth-order valence-corrected chi connectivity index (χ4v) is 2.55. The lowest BCUT2D eigenvalue weighted by molar-refractivity contribution is 0.304. The van der Waals surface area contributed by atoms with E-state index in [1.807, 2.05) is 0 Å². The van der Waals surface area contributed by atoms with E-state index in [4.69, 9.17) is 5.73 Å². The number of rotatable bonds is 4. The summed E-state index contributed by atoms with van der Waals surface area (Å²) in [5.41, 5.74) is 9.89. The Balaban J connectivity index is 3.20. The average Bonchev–Trinajstić information content (AvgIpc) is 2.42. The van der Waals surface area contributed by atoms with Gasteiger partial charge in [-0.05, 0) is 53.4 Å². The second-order valence-electron chi connectivity index (χ2n) is 5.01. The van der Waals surface area contributed by atoms with Gasteiger partial charge in [-0.3, -0.25) is 0 Å². The third kappa shape index (κ3) is 2.30. The van der Waals surface area contributed by atoms with Crippen LogP contribution in [0.15, 0.2) is 6.07 Å². The van der Waals surface area contributed by atoms with Crippen LogP contribution in [0.4, 0.5) is 0 Å². The van der Waals surface area contributed by atoms with Gasteiger partial charge in [0.15, 0.2) is 0 Å². The molecule has 1 heterocycles. The molecule has 1 unspecified atom stereocenters. The molecule has 16 heavy (non-hydrogen) atoms. The third-order valence-corrected chi connectivity index (χ3v) is 3.25. The zero-order valence-electron chi connectivity index (χ0n) is 11.4. The van der Waals surface area contributed by atoms with Crippen LogP contribution in [0.25, 0.3) is 0 Å². The maximum absolute atomic E-state index is 5.86. The van der Waals surface area contributed by atoms with E-state index in [2.05, 4.69) is 57.3 Å². The minimum absolute atomic E-state index is 0.318. The van der Waals surface area contributed by atoms with Crippen molar-refractivity contribution in [3.05, 3.63) is 23.0 Å². The molecule has 1 rings (SSSR count). The van der Waals surface area contributed by atoms with Crippen LogP contribution in [0.3, 0.4) is 0 Å². The standard InChI is InChI=1S/C13H25N3/c1-9(2)16-10(3)7-12(11(16)4)13(8-14)15(5)6/h7,9,13H,8,14H2,1-6H3. The Bertz CT molecular complexity index is 350. The molecule has 0 saturated carbocycles. The van der Waals surface area contributed by atoms with Gasteiger partial charge in [0.2, 0.25) is 0 Å². The van der Waals surface area contributed by atoms with Gasteiger partial charge in [-0.2, -0.15) is 0 Å². The Hall–Kier alpha value is -0.800. The highest BCUT2D eigenvalue weighted by molar-refractivity contribution is 5.30. The summed E-state index contributed by atoms with van der Waals surface area (Å²) in [7, 11) is 4.16.